The standard InChI is InChI=1S/C14H18N2O2/c1-3-10-16(12(2)17)11-9-15-14(18)13-7-5-4-6-8-13/h3-8H,1,9-11H2,2H3,(H,15,18). The SMILES string of the molecule is C=CCN(CCNC(=O)c1ccccc1)C(C)=O. The third kappa shape index (κ3) is 4.41. The van der Waals surface area contributed by atoms with Gasteiger partial charge in [-0.25, -0.2) is 0 Å². The van der Waals surface area contributed by atoms with Gasteiger partial charge in [0, 0.05) is 32.1 Å². The third-order valence-electron chi connectivity index (χ3n) is 2.50. The van der Waals surface area contributed by atoms with Gasteiger partial charge in [-0.2, -0.15) is 0 Å². The second kappa shape index (κ2) is 7.27. The van der Waals surface area contributed by atoms with Crippen molar-refractivity contribution in [2.45, 2.75) is 6.92 Å². The fourth-order valence-electron chi connectivity index (χ4n) is 1.53. The van der Waals surface area contributed by atoms with E-state index < -0.39 is 0 Å². The highest BCUT2D eigenvalue weighted by Gasteiger charge is 2.08. The highest BCUT2D eigenvalue weighted by Crippen LogP contribution is 1.97. The highest BCUT2D eigenvalue weighted by atomic mass is 16.2. The van der Waals surface area contributed by atoms with Gasteiger partial charge in [0.1, 0.15) is 0 Å². The molecule has 0 bridgehead atoms. The fraction of sp³-hybridized carbons (Fsp3) is 0.286. The predicted octanol–water partition coefficient (Wildman–Crippen LogP) is 1.45. The Bertz CT molecular complexity index is 415. The summed E-state index contributed by atoms with van der Waals surface area (Å²) in [5.74, 6) is -0.151. The van der Waals surface area contributed by atoms with Crippen LogP contribution in [0.5, 0.6) is 0 Å². The molecule has 1 aromatic carbocycles. The predicted molar refractivity (Wildman–Crippen MR) is 71.2 cm³/mol. The Hall–Kier alpha value is -2.10. The lowest BCUT2D eigenvalue weighted by Crippen LogP contribution is -2.37. The minimum absolute atomic E-state index is 0.0242. The Kier molecular flexibility index (Phi) is 5.64. The zero-order valence-electron chi connectivity index (χ0n) is 10.6. The molecule has 0 unspecified atom stereocenters. The van der Waals surface area contributed by atoms with Crippen LogP contribution in [0.4, 0.5) is 0 Å². The first-order chi connectivity index (χ1) is 8.65. The molecule has 1 rings (SSSR count). The van der Waals surface area contributed by atoms with Gasteiger partial charge in [0.15, 0.2) is 0 Å². The van der Waals surface area contributed by atoms with Crippen LogP contribution < -0.4 is 5.32 Å². The fourth-order valence-corrected chi connectivity index (χ4v) is 1.53. The van der Waals surface area contributed by atoms with E-state index in [1.807, 2.05) is 18.2 Å². The van der Waals surface area contributed by atoms with Crippen LogP contribution in [-0.2, 0) is 4.79 Å². The van der Waals surface area contributed by atoms with Gasteiger partial charge >= 0.3 is 0 Å². The molecule has 18 heavy (non-hydrogen) atoms. The summed E-state index contributed by atoms with van der Waals surface area (Å²) in [7, 11) is 0. The summed E-state index contributed by atoms with van der Waals surface area (Å²) in [6, 6.07) is 8.99. The number of carbonyl (C=O) groups is 2. The third-order valence-corrected chi connectivity index (χ3v) is 2.50. The van der Waals surface area contributed by atoms with E-state index in [1.54, 1.807) is 23.1 Å². The molecule has 4 nitrogen and oxygen atoms in total. The lowest BCUT2D eigenvalue weighted by Gasteiger charge is -2.19. The molecule has 0 fully saturated rings. The summed E-state index contributed by atoms with van der Waals surface area (Å²) in [6.07, 6.45) is 1.67. The Morgan fingerprint density at radius 2 is 2.00 bits per heavy atom. The van der Waals surface area contributed by atoms with E-state index in [2.05, 4.69) is 11.9 Å². The molecule has 0 atom stereocenters. The monoisotopic (exact) mass is 246 g/mol. The van der Waals surface area contributed by atoms with E-state index in [9.17, 15) is 9.59 Å². The zero-order valence-corrected chi connectivity index (χ0v) is 10.6. The van der Waals surface area contributed by atoms with Crippen molar-refractivity contribution in [1.29, 1.82) is 0 Å². The minimum atomic E-state index is -0.127. The molecule has 1 aromatic rings. The van der Waals surface area contributed by atoms with Crippen LogP contribution in [0.25, 0.3) is 0 Å². The van der Waals surface area contributed by atoms with Crippen molar-refractivity contribution >= 4 is 11.8 Å². The van der Waals surface area contributed by atoms with Gasteiger partial charge in [-0.15, -0.1) is 6.58 Å². The molecule has 0 saturated heterocycles. The molecule has 0 aromatic heterocycles. The van der Waals surface area contributed by atoms with Gasteiger partial charge in [0.25, 0.3) is 5.91 Å². The average Bonchev–Trinajstić information content (AvgIpc) is 2.38. The second-order valence-corrected chi connectivity index (χ2v) is 3.88. The molecule has 0 aliphatic heterocycles. The number of rotatable bonds is 6. The first kappa shape index (κ1) is 14.0. The van der Waals surface area contributed by atoms with Gasteiger partial charge in [-0.3, -0.25) is 9.59 Å². The number of carbonyl (C=O) groups excluding carboxylic acids is 2. The Balaban J connectivity index is 2.39. The summed E-state index contributed by atoms with van der Waals surface area (Å²) in [5, 5.41) is 2.78. The van der Waals surface area contributed by atoms with Gasteiger partial charge < -0.3 is 10.2 Å². The number of hydrogen-bond acceptors (Lipinski definition) is 2. The van der Waals surface area contributed by atoms with Crippen molar-refractivity contribution in [2.75, 3.05) is 19.6 Å². The summed E-state index contributed by atoms with van der Waals surface area (Å²) < 4.78 is 0. The quantitative estimate of drug-likeness (QED) is 0.772. The number of nitrogens with one attached hydrogen (secondary N) is 1. The van der Waals surface area contributed by atoms with Crippen LogP contribution in [-0.4, -0.2) is 36.3 Å². The molecular formula is C14H18N2O2. The van der Waals surface area contributed by atoms with E-state index in [4.69, 9.17) is 0 Å². The molecule has 0 spiro atoms. The van der Waals surface area contributed by atoms with Crippen molar-refractivity contribution in [2.24, 2.45) is 0 Å². The van der Waals surface area contributed by atoms with Crippen LogP contribution in [0.1, 0.15) is 17.3 Å². The zero-order chi connectivity index (χ0) is 13.4. The second-order valence-electron chi connectivity index (χ2n) is 3.88. The summed E-state index contributed by atoms with van der Waals surface area (Å²) >= 11 is 0. The van der Waals surface area contributed by atoms with Crippen LogP contribution in [0.2, 0.25) is 0 Å². The van der Waals surface area contributed by atoms with Crippen LogP contribution >= 0.6 is 0 Å². The van der Waals surface area contributed by atoms with Crippen molar-refractivity contribution in [3.8, 4) is 0 Å². The molecule has 0 aliphatic rings. The van der Waals surface area contributed by atoms with Crippen LogP contribution in [0.15, 0.2) is 43.0 Å². The van der Waals surface area contributed by atoms with E-state index in [0.29, 0.717) is 25.2 Å². The van der Waals surface area contributed by atoms with Gasteiger partial charge in [0.05, 0.1) is 0 Å². The van der Waals surface area contributed by atoms with E-state index in [-0.39, 0.29) is 11.8 Å². The lowest BCUT2D eigenvalue weighted by atomic mass is 10.2. The summed E-state index contributed by atoms with van der Waals surface area (Å²) in [4.78, 5) is 24.6. The molecule has 0 aliphatic carbocycles. The van der Waals surface area contributed by atoms with Crippen molar-refractivity contribution in [1.82, 2.24) is 10.2 Å². The van der Waals surface area contributed by atoms with E-state index in [1.165, 1.54) is 6.92 Å². The number of hydrogen-bond donors (Lipinski definition) is 1. The largest absolute Gasteiger partial charge is 0.350 e. The van der Waals surface area contributed by atoms with Crippen molar-refractivity contribution in [3.63, 3.8) is 0 Å². The van der Waals surface area contributed by atoms with Gasteiger partial charge in [-0.1, -0.05) is 24.3 Å². The maximum Gasteiger partial charge on any atom is 0.251 e. The van der Waals surface area contributed by atoms with Crippen molar-refractivity contribution < 1.29 is 9.59 Å². The van der Waals surface area contributed by atoms with Crippen LogP contribution in [0, 0.1) is 0 Å². The topological polar surface area (TPSA) is 49.4 Å². The van der Waals surface area contributed by atoms with E-state index in [0.717, 1.165) is 0 Å². The molecule has 0 heterocycles. The van der Waals surface area contributed by atoms with Gasteiger partial charge in [0.2, 0.25) is 5.91 Å². The summed E-state index contributed by atoms with van der Waals surface area (Å²) in [6.45, 7) is 6.51. The first-order valence-corrected chi connectivity index (χ1v) is 5.85. The summed E-state index contributed by atoms with van der Waals surface area (Å²) in [5.41, 5.74) is 0.621. The Labute approximate surface area is 107 Å². The minimum Gasteiger partial charge on any atom is -0.350 e. The molecule has 1 N–H and O–H groups in total. The molecule has 0 saturated carbocycles. The highest BCUT2D eigenvalue weighted by molar-refractivity contribution is 5.94. The van der Waals surface area contributed by atoms with Crippen molar-refractivity contribution in [3.05, 3.63) is 48.6 Å². The molecule has 4 heteroatoms. The smallest absolute Gasteiger partial charge is 0.251 e. The maximum absolute atomic E-state index is 11.7. The molecular weight excluding hydrogens is 228 g/mol. The van der Waals surface area contributed by atoms with Crippen LogP contribution in [0.3, 0.4) is 0 Å². The molecule has 0 radical (unpaired) electrons. The number of benzene rings is 1. The average molecular weight is 246 g/mol. The molecule has 2 amide bonds. The molecule has 96 valence electrons. The number of nitrogens with zero attached hydrogens (tertiary/aromatic N) is 1. The van der Waals surface area contributed by atoms with E-state index >= 15 is 0 Å². The normalized spacial score (nSPS) is 9.61. The lowest BCUT2D eigenvalue weighted by molar-refractivity contribution is -0.128. The van der Waals surface area contributed by atoms with Gasteiger partial charge in [-0.05, 0) is 12.1 Å². The maximum atomic E-state index is 11.7. The Morgan fingerprint density at radius 3 is 2.56 bits per heavy atom. The Morgan fingerprint density at radius 1 is 1.33 bits per heavy atom. The first-order valence-electron chi connectivity index (χ1n) is 5.85. The number of amides is 2.